The summed E-state index contributed by atoms with van der Waals surface area (Å²) < 4.78 is 1.48. The van der Waals surface area contributed by atoms with Crippen molar-refractivity contribution >= 4 is 5.97 Å². The van der Waals surface area contributed by atoms with Crippen LogP contribution in [0.1, 0.15) is 27.0 Å². The van der Waals surface area contributed by atoms with Crippen molar-refractivity contribution in [2.24, 2.45) is 7.05 Å². The van der Waals surface area contributed by atoms with E-state index in [1.54, 1.807) is 13.1 Å². The molecule has 0 aliphatic heterocycles. The topological polar surface area (TPSA) is 59.3 Å². The first-order chi connectivity index (χ1) is 9.31. The van der Waals surface area contributed by atoms with Crippen LogP contribution in [0.15, 0.2) is 29.1 Å². The second-order valence-corrected chi connectivity index (χ2v) is 5.08. The van der Waals surface area contributed by atoms with Gasteiger partial charge in [-0.2, -0.15) is 0 Å². The second kappa shape index (κ2) is 4.96. The van der Waals surface area contributed by atoms with Gasteiger partial charge in [-0.15, -0.1) is 0 Å². The predicted molar refractivity (Wildman–Crippen MR) is 78.3 cm³/mol. The molecule has 0 aliphatic rings. The van der Waals surface area contributed by atoms with Crippen LogP contribution in [0.5, 0.6) is 0 Å². The lowest BCUT2D eigenvalue weighted by Gasteiger charge is -2.14. The van der Waals surface area contributed by atoms with Gasteiger partial charge >= 0.3 is 5.97 Å². The van der Waals surface area contributed by atoms with Crippen LogP contribution in [0.2, 0.25) is 0 Å². The first kappa shape index (κ1) is 14.1. The number of hydrogen-bond acceptors (Lipinski definition) is 2. The molecule has 0 spiro atoms. The standard InChI is InChI=1S/C16H17NO3/c1-9-5-11(3)13(6-10(9)2)14-7-12(16(19)20)8-15(18)17(14)4/h5-8H,1-4H3,(H,19,20). The van der Waals surface area contributed by atoms with Gasteiger partial charge in [0.2, 0.25) is 0 Å². The smallest absolute Gasteiger partial charge is 0.335 e. The highest BCUT2D eigenvalue weighted by atomic mass is 16.4. The minimum absolute atomic E-state index is 0.0146. The summed E-state index contributed by atoms with van der Waals surface area (Å²) in [7, 11) is 1.65. The van der Waals surface area contributed by atoms with E-state index in [9.17, 15) is 9.59 Å². The lowest BCUT2D eigenvalue weighted by molar-refractivity contribution is 0.0696. The maximum absolute atomic E-state index is 11.9. The summed E-state index contributed by atoms with van der Waals surface area (Å²) in [6, 6.07) is 6.72. The number of benzene rings is 1. The third-order valence-electron chi connectivity index (χ3n) is 3.63. The van der Waals surface area contributed by atoms with Gasteiger partial charge in [0.1, 0.15) is 0 Å². The van der Waals surface area contributed by atoms with Gasteiger partial charge in [-0.05, 0) is 49.6 Å². The molecule has 0 radical (unpaired) electrons. The zero-order valence-corrected chi connectivity index (χ0v) is 12.0. The van der Waals surface area contributed by atoms with Crippen LogP contribution in [0.3, 0.4) is 0 Å². The fourth-order valence-electron chi connectivity index (χ4n) is 2.25. The molecule has 2 aromatic rings. The molecule has 104 valence electrons. The molecule has 1 heterocycles. The molecule has 0 saturated carbocycles. The highest BCUT2D eigenvalue weighted by Crippen LogP contribution is 2.26. The van der Waals surface area contributed by atoms with Gasteiger partial charge in [-0.3, -0.25) is 4.79 Å². The number of pyridine rings is 1. The summed E-state index contributed by atoms with van der Waals surface area (Å²) in [4.78, 5) is 23.0. The number of rotatable bonds is 2. The highest BCUT2D eigenvalue weighted by Gasteiger charge is 2.13. The molecule has 0 aliphatic carbocycles. The minimum Gasteiger partial charge on any atom is -0.478 e. The first-order valence-electron chi connectivity index (χ1n) is 6.34. The zero-order chi connectivity index (χ0) is 15.0. The number of carboxylic acids is 1. The van der Waals surface area contributed by atoms with Gasteiger partial charge in [-0.1, -0.05) is 6.07 Å². The van der Waals surface area contributed by atoms with E-state index in [4.69, 9.17) is 5.11 Å². The van der Waals surface area contributed by atoms with Crippen molar-refractivity contribution in [2.75, 3.05) is 0 Å². The van der Waals surface area contributed by atoms with Crippen LogP contribution in [-0.4, -0.2) is 15.6 Å². The van der Waals surface area contributed by atoms with Crippen molar-refractivity contribution in [3.05, 3.63) is 56.9 Å². The van der Waals surface area contributed by atoms with Crippen LogP contribution < -0.4 is 5.56 Å². The van der Waals surface area contributed by atoms with Gasteiger partial charge in [-0.25, -0.2) is 4.79 Å². The van der Waals surface area contributed by atoms with Gasteiger partial charge in [0, 0.05) is 18.7 Å². The summed E-state index contributed by atoms with van der Waals surface area (Å²) in [5.74, 6) is -1.09. The number of aromatic nitrogens is 1. The average Bonchev–Trinajstić information content (AvgIpc) is 2.37. The van der Waals surface area contributed by atoms with Crippen LogP contribution >= 0.6 is 0 Å². The van der Waals surface area contributed by atoms with Crippen molar-refractivity contribution in [1.82, 2.24) is 4.57 Å². The average molecular weight is 271 g/mol. The largest absolute Gasteiger partial charge is 0.478 e. The molecule has 4 heteroatoms. The zero-order valence-electron chi connectivity index (χ0n) is 12.0. The van der Waals surface area contributed by atoms with Crippen LogP contribution in [0, 0.1) is 20.8 Å². The van der Waals surface area contributed by atoms with E-state index in [1.807, 2.05) is 32.9 Å². The van der Waals surface area contributed by atoms with Crippen molar-refractivity contribution in [2.45, 2.75) is 20.8 Å². The Labute approximate surface area is 117 Å². The molecule has 1 aromatic carbocycles. The summed E-state index contributed by atoms with van der Waals surface area (Å²) in [5, 5.41) is 9.09. The van der Waals surface area contributed by atoms with E-state index < -0.39 is 5.97 Å². The van der Waals surface area contributed by atoms with Crippen molar-refractivity contribution in [3.8, 4) is 11.3 Å². The molecule has 20 heavy (non-hydrogen) atoms. The maximum atomic E-state index is 11.9. The summed E-state index contributed by atoms with van der Waals surface area (Å²) in [6.45, 7) is 5.98. The lowest BCUT2D eigenvalue weighted by Crippen LogP contribution is -2.20. The Hall–Kier alpha value is -2.36. The van der Waals surface area contributed by atoms with E-state index in [-0.39, 0.29) is 11.1 Å². The Morgan fingerprint density at radius 1 is 1.00 bits per heavy atom. The second-order valence-electron chi connectivity index (χ2n) is 5.08. The Bertz CT molecular complexity index is 757. The van der Waals surface area contributed by atoms with E-state index in [2.05, 4.69) is 0 Å². The Morgan fingerprint density at radius 3 is 2.20 bits per heavy atom. The SMILES string of the molecule is Cc1cc(C)c(-c2cc(C(=O)O)cc(=O)n2C)cc1C. The Balaban J connectivity index is 2.79. The molecule has 0 atom stereocenters. The molecule has 0 bridgehead atoms. The van der Waals surface area contributed by atoms with E-state index in [0.717, 1.165) is 22.8 Å². The third kappa shape index (κ3) is 2.37. The lowest BCUT2D eigenvalue weighted by atomic mass is 9.97. The molecule has 1 N–H and O–H groups in total. The first-order valence-corrected chi connectivity index (χ1v) is 6.34. The fourth-order valence-corrected chi connectivity index (χ4v) is 2.25. The highest BCUT2D eigenvalue weighted by molar-refractivity contribution is 5.89. The third-order valence-corrected chi connectivity index (χ3v) is 3.63. The summed E-state index contributed by atoms with van der Waals surface area (Å²) in [6.07, 6.45) is 0. The number of nitrogens with zero attached hydrogens (tertiary/aromatic N) is 1. The van der Waals surface area contributed by atoms with E-state index in [1.165, 1.54) is 10.1 Å². The van der Waals surface area contributed by atoms with Gasteiger partial charge in [0.05, 0.1) is 11.3 Å². The van der Waals surface area contributed by atoms with Crippen LogP contribution in [-0.2, 0) is 7.05 Å². The maximum Gasteiger partial charge on any atom is 0.335 e. The molecule has 0 amide bonds. The summed E-state index contributed by atoms with van der Waals surface area (Å²) >= 11 is 0. The van der Waals surface area contributed by atoms with E-state index >= 15 is 0 Å². The quantitative estimate of drug-likeness (QED) is 0.913. The number of hydrogen-bond donors (Lipinski definition) is 1. The normalized spacial score (nSPS) is 10.6. The van der Waals surface area contributed by atoms with Gasteiger partial charge in [0.25, 0.3) is 5.56 Å². The van der Waals surface area contributed by atoms with Crippen molar-refractivity contribution in [1.29, 1.82) is 0 Å². The van der Waals surface area contributed by atoms with Crippen LogP contribution in [0.25, 0.3) is 11.3 Å². The molecule has 4 nitrogen and oxygen atoms in total. The Morgan fingerprint density at radius 2 is 1.60 bits per heavy atom. The molecular weight excluding hydrogens is 254 g/mol. The van der Waals surface area contributed by atoms with Crippen LogP contribution in [0.4, 0.5) is 0 Å². The molecule has 0 unspecified atom stereocenters. The van der Waals surface area contributed by atoms with Crippen molar-refractivity contribution < 1.29 is 9.90 Å². The minimum atomic E-state index is -1.09. The predicted octanol–water partition coefficient (Wildman–Crippen LogP) is 2.68. The molecule has 0 fully saturated rings. The summed E-state index contributed by atoms with van der Waals surface area (Å²) in [5.41, 5.74) is 4.50. The number of aromatic carboxylic acids is 1. The monoisotopic (exact) mass is 271 g/mol. The fraction of sp³-hybridized carbons (Fsp3) is 0.250. The number of carboxylic acid groups (broad SMARTS) is 1. The number of aryl methyl sites for hydroxylation is 3. The molecule has 0 saturated heterocycles. The molecular formula is C16H17NO3. The van der Waals surface area contributed by atoms with Gasteiger partial charge in [0.15, 0.2) is 0 Å². The van der Waals surface area contributed by atoms with Crippen molar-refractivity contribution in [3.63, 3.8) is 0 Å². The molecule has 1 aromatic heterocycles. The number of carbonyl (C=O) groups is 1. The van der Waals surface area contributed by atoms with Gasteiger partial charge < -0.3 is 9.67 Å². The molecule has 2 rings (SSSR count). The Kier molecular flexibility index (Phi) is 3.49. The van der Waals surface area contributed by atoms with E-state index in [0.29, 0.717) is 5.69 Å².